The van der Waals surface area contributed by atoms with Crippen molar-refractivity contribution in [3.63, 3.8) is 0 Å². The van der Waals surface area contributed by atoms with E-state index < -0.39 is 78.3 Å². The molecule has 4 aliphatic heterocycles. The molecule has 1 aliphatic carbocycles. The third-order valence-corrected chi connectivity index (χ3v) is 11.3. The minimum Gasteiger partial charge on any atom is -0.458 e. The Labute approximate surface area is 318 Å². The molecular formula is C39H52F3N3O10. The average molecular weight is 780 g/mol. The Morgan fingerprint density at radius 1 is 1.07 bits per heavy atom. The normalized spacial score (nSPS) is 29.7. The van der Waals surface area contributed by atoms with Crippen molar-refractivity contribution in [3.05, 3.63) is 41.5 Å². The summed E-state index contributed by atoms with van der Waals surface area (Å²) in [6.45, 7) is 2.60. The quantitative estimate of drug-likeness (QED) is 0.132. The van der Waals surface area contributed by atoms with E-state index in [1.165, 1.54) is 16.0 Å². The number of hydrogen-bond donors (Lipinski definition) is 2. The number of nitrogens with zero attached hydrogens (tertiary/aromatic N) is 2. The van der Waals surface area contributed by atoms with Gasteiger partial charge < -0.3 is 34.3 Å². The molecule has 4 heterocycles. The van der Waals surface area contributed by atoms with E-state index in [1.54, 1.807) is 24.3 Å². The van der Waals surface area contributed by atoms with Crippen LogP contribution in [0.1, 0.15) is 95.6 Å². The number of aliphatic hydroxyl groups excluding tert-OH is 1. The molecule has 16 heteroatoms. The van der Waals surface area contributed by atoms with Crippen molar-refractivity contribution in [1.29, 1.82) is 0 Å². The largest absolute Gasteiger partial charge is 0.458 e. The smallest absolute Gasteiger partial charge is 0.422 e. The van der Waals surface area contributed by atoms with E-state index in [1.807, 2.05) is 0 Å². The molecule has 4 saturated heterocycles. The van der Waals surface area contributed by atoms with E-state index in [0.717, 1.165) is 44.6 Å². The lowest BCUT2D eigenvalue weighted by atomic mass is 9.62. The topological polar surface area (TPSA) is 153 Å². The summed E-state index contributed by atoms with van der Waals surface area (Å²) in [6, 6.07) is 4.75. The number of likely N-dealkylation sites (tertiary alicyclic amines) is 1. The van der Waals surface area contributed by atoms with Gasteiger partial charge in [0.15, 0.2) is 18.4 Å². The Hall–Kier alpha value is -3.57. The van der Waals surface area contributed by atoms with Crippen molar-refractivity contribution in [2.75, 3.05) is 26.3 Å². The molecule has 1 aromatic rings. The summed E-state index contributed by atoms with van der Waals surface area (Å²) in [5.41, 5.74) is -0.411. The van der Waals surface area contributed by atoms with Crippen LogP contribution in [0.4, 0.5) is 13.2 Å². The molecule has 6 rings (SSSR count). The molecule has 1 aromatic carbocycles. The molecule has 1 saturated carbocycles. The number of fused-ring (bicyclic) bond motifs is 4. The second-order valence-corrected chi connectivity index (χ2v) is 15.2. The maximum absolute atomic E-state index is 15.2. The summed E-state index contributed by atoms with van der Waals surface area (Å²) in [5.74, 6) is -3.56. The predicted octanol–water partition coefficient (Wildman–Crippen LogP) is 4.35. The molecule has 2 N–H and O–H groups in total. The van der Waals surface area contributed by atoms with Gasteiger partial charge in [0.25, 0.3) is 0 Å². The van der Waals surface area contributed by atoms with E-state index in [-0.39, 0.29) is 32.0 Å². The standard InChI is InChI=1S/C39H52F3N3O10/c1-3-5-7-16-37(17-8-6-4-2)53-30-28-22-38(36(50)44-19-10-13-27(44)34(48)43-18-20-46)32(35(49)52-28)45(55-33(38)31(30)54-37)23-26-12-9-11-25(21-26)14-15-29(47)51-24-39(40,41)42/h9,11-12,14-15,21,27-28,30-33,46H,3-8,10,13,16-20,22-24H2,1-2H3,(H,43,48). The van der Waals surface area contributed by atoms with Crippen molar-refractivity contribution in [2.45, 2.75) is 139 Å². The Balaban J connectivity index is 1.33. The zero-order chi connectivity index (χ0) is 39.4. The molecular weight excluding hydrogens is 727 g/mol. The second-order valence-electron chi connectivity index (χ2n) is 15.2. The van der Waals surface area contributed by atoms with Gasteiger partial charge in [-0.25, -0.2) is 4.79 Å². The number of hydrogen-bond acceptors (Lipinski definition) is 11. The van der Waals surface area contributed by atoms with Crippen LogP contribution in [0.5, 0.6) is 0 Å². The summed E-state index contributed by atoms with van der Waals surface area (Å²) in [5, 5.41) is 13.5. The minimum atomic E-state index is -4.65. The number of benzene rings is 1. The molecule has 0 radical (unpaired) electrons. The van der Waals surface area contributed by atoms with Gasteiger partial charge in [-0.05, 0) is 42.9 Å². The van der Waals surface area contributed by atoms with Gasteiger partial charge in [0.2, 0.25) is 11.8 Å². The van der Waals surface area contributed by atoms with E-state index in [2.05, 4.69) is 23.9 Å². The van der Waals surface area contributed by atoms with Crippen LogP contribution >= 0.6 is 0 Å². The van der Waals surface area contributed by atoms with Gasteiger partial charge in [0.05, 0.1) is 13.2 Å². The molecule has 55 heavy (non-hydrogen) atoms. The monoisotopic (exact) mass is 779 g/mol. The van der Waals surface area contributed by atoms with Crippen LogP contribution in [-0.2, 0) is 49.5 Å². The molecule has 0 spiro atoms. The third-order valence-electron chi connectivity index (χ3n) is 11.3. The lowest BCUT2D eigenvalue weighted by molar-refractivity contribution is -0.225. The SMILES string of the molecule is CCCCCC1(CCCCC)OC2C3CC4(C(=O)N5CCCC5C(=O)NCCO)C(ON(Cc5cccc(C=CC(=O)OCC(F)(F)F)c5)C4C(=O)O3)C2O1. The highest BCUT2D eigenvalue weighted by Crippen LogP contribution is 2.59. The maximum Gasteiger partial charge on any atom is 0.422 e. The van der Waals surface area contributed by atoms with E-state index in [9.17, 15) is 32.7 Å². The number of hydroxylamine groups is 2. The molecule has 13 nitrogen and oxygen atoms in total. The van der Waals surface area contributed by atoms with Crippen LogP contribution in [0.2, 0.25) is 0 Å². The lowest BCUT2D eigenvalue weighted by Crippen LogP contribution is -2.70. The number of rotatable bonds is 17. The number of nitrogens with one attached hydrogen (secondary N) is 1. The molecule has 2 amide bonds. The molecule has 5 aliphatic rings. The van der Waals surface area contributed by atoms with Crippen LogP contribution in [-0.4, -0.2) is 114 Å². The fourth-order valence-electron chi connectivity index (χ4n) is 8.86. The first-order valence-electron chi connectivity index (χ1n) is 19.5. The van der Waals surface area contributed by atoms with Gasteiger partial charge >= 0.3 is 18.1 Å². The van der Waals surface area contributed by atoms with Crippen molar-refractivity contribution in [1.82, 2.24) is 15.3 Å². The number of esters is 2. The summed E-state index contributed by atoms with van der Waals surface area (Å²) < 4.78 is 61.7. The second kappa shape index (κ2) is 17.3. The molecule has 7 atom stereocenters. The number of carbonyl (C=O) groups excluding carboxylic acids is 4. The Kier molecular flexibility index (Phi) is 12.9. The van der Waals surface area contributed by atoms with Gasteiger partial charge in [0, 0.05) is 38.4 Å². The first-order valence-corrected chi connectivity index (χ1v) is 19.5. The Morgan fingerprint density at radius 2 is 1.80 bits per heavy atom. The highest BCUT2D eigenvalue weighted by Gasteiger charge is 2.77. The maximum atomic E-state index is 15.2. The van der Waals surface area contributed by atoms with Gasteiger partial charge in [-0.15, -0.1) is 0 Å². The number of unbranched alkanes of at least 4 members (excludes halogenated alkanes) is 4. The van der Waals surface area contributed by atoms with E-state index in [4.69, 9.17) is 19.0 Å². The van der Waals surface area contributed by atoms with Crippen LogP contribution in [0, 0.1) is 5.41 Å². The lowest BCUT2D eigenvalue weighted by Gasteiger charge is -2.50. The fourth-order valence-corrected chi connectivity index (χ4v) is 8.86. The van der Waals surface area contributed by atoms with Gasteiger partial charge in [0.1, 0.15) is 35.9 Å². The number of amides is 2. The Morgan fingerprint density at radius 3 is 2.49 bits per heavy atom. The highest BCUT2D eigenvalue weighted by atomic mass is 19.4. The molecule has 5 fully saturated rings. The average Bonchev–Trinajstić information content (AvgIpc) is 3.88. The van der Waals surface area contributed by atoms with Crippen molar-refractivity contribution in [2.24, 2.45) is 5.41 Å². The molecule has 7 unspecified atom stereocenters. The summed E-state index contributed by atoms with van der Waals surface area (Å²) in [4.78, 5) is 62.9. The number of halogens is 3. The zero-order valence-electron chi connectivity index (χ0n) is 31.4. The van der Waals surface area contributed by atoms with E-state index >= 15 is 4.79 Å². The minimum absolute atomic E-state index is 0.00698. The molecule has 2 bridgehead atoms. The fraction of sp³-hybridized carbons (Fsp3) is 0.692. The zero-order valence-corrected chi connectivity index (χ0v) is 31.4. The van der Waals surface area contributed by atoms with Crippen LogP contribution in [0.25, 0.3) is 6.08 Å². The van der Waals surface area contributed by atoms with E-state index in [0.29, 0.717) is 43.4 Å². The number of carbonyl (C=O) groups is 4. The van der Waals surface area contributed by atoms with Crippen molar-refractivity contribution >= 4 is 29.8 Å². The van der Waals surface area contributed by atoms with Gasteiger partial charge in [-0.3, -0.25) is 19.2 Å². The number of alkyl halides is 3. The van der Waals surface area contributed by atoms with Crippen molar-refractivity contribution in [3.8, 4) is 0 Å². The first kappa shape index (κ1) is 41.1. The summed E-state index contributed by atoms with van der Waals surface area (Å²) >= 11 is 0. The van der Waals surface area contributed by atoms with Crippen LogP contribution < -0.4 is 5.32 Å². The third kappa shape index (κ3) is 8.73. The van der Waals surface area contributed by atoms with Crippen molar-refractivity contribution < 1.29 is 61.2 Å². The van der Waals surface area contributed by atoms with Crippen LogP contribution in [0.3, 0.4) is 0 Å². The van der Waals surface area contributed by atoms with Gasteiger partial charge in [-0.1, -0.05) is 63.8 Å². The highest BCUT2D eigenvalue weighted by molar-refractivity contribution is 5.96. The first-order chi connectivity index (χ1) is 26.3. The predicted molar refractivity (Wildman–Crippen MR) is 189 cm³/mol. The van der Waals surface area contributed by atoms with Gasteiger partial charge in [-0.2, -0.15) is 18.2 Å². The number of aliphatic hydroxyl groups is 1. The number of ether oxygens (including phenoxy) is 4. The molecule has 304 valence electrons. The molecule has 0 aromatic heterocycles. The van der Waals surface area contributed by atoms with Crippen LogP contribution in [0.15, 0.2) is 30.3 Å². The summed E-state index contributed by atoms with van der Waals surface area (Å²) in [6.07, 6.45) is 2.35. The Bertz CT molecular complexity index is 1580. The summed E-state index contributed by atoms with van der Waals surface area (Å²) in [7, 11) is 0.